The molecule has 0 radical (unpaired) electrons. The summed E-state index contributed by atoms with van der Waals surface area (Å²) in [7, 11) is 0. The first-order valence-corrected chi connectivity index (χ1v) is 4.02. The minimum atomic E-state index is -1.05. The number of fused-ring (bicyclic) bond motifs is 2. The van der Waals surface area contributed by atoms with Gasteiger partial charge in [0.05, 0.1) is 11.8 Å². The van der Waals surface area contributed by atoms with Gasteiger partial charge in [-0.3, -0.25) is 9.59 Å². The van der Waals surface area contributed by atoms with Crippen molar-refractivity contribution in [2.45, 2.75) is 6.42 Å². The summed E-state index contributed by atoms with van der Waals surface area (Å²) in [4.78, 5) is 21.6. The second kappa shape index (κ2) is 2.47. The van der Waals surface area contributed by atoms with Gasteiger partial charge in [-0.25, -0.2) is 0 Å². The van der Waals surface area contributed by atoms with Crippen molar-refractivity contribution in [1.82, 2.24) is 0 Å². The Morgan fingerprint density at radius 3 is 2.54 bits per heavy atom. The van der Waals surface area contributed by atoms with E-state index in [4.69, 9.17) is 10.2 Å². The van der Waals surface area contributed by atoms with E-state index in [1.54, 1.807) is 6.08 Å². The van der Waals surface area contributed by atoms with Crippen LogP contribution < -0.4 is 0 Å². The third kappa shape index (κ3) is 0.993. The van der Waals surface area contributed by atoms with E-state index in [2.05, 4.69) is 5.73 Å². The summed E-state index contributed by atoms with van der Waals surface area (Å²) in [5.41, 5.74) is 3.45. The van der Waals surface area contributed by atoms with Gasteiger partial charge < -0.3 is 10.2 Å². The van der Waals surface area contributed by atoms with Crippen LogP contribution in [0, 0.1) is 17.8 Å². The SMILES string of the molecule is O=C(O)C1C2=C=CC(C2)C1C(=O)O. The molecule has 2 aliphatic rings. The molecule has 68 valence electrons. The van der Waals surface area contributed by atoms with Crippen LogP contribution in [0.15, 0.2) is 17.4 Å². The summed E-state index contributed by atoms with van der Waals surface area (Å²) < 4.78 is 0. The van der Waals surface area contributed by atoms with E-state index in [1.165, 1.54) is 0 Å². The molecule has 0 heterocycles. The van der Waals surface area contributed by atoms with Crippen molar-refractivity contribution in [2.75, 3.05) is 0 Å². The summed E-state index contributed by atoms with van der Waals surface area (Å²) in [6.07, 6.45) is 2.22. The highest BCUT2D eigenvalue weighted by Crippen LogP contribution is 2.45. The Kier molecular flexibility index (Phi) is 1.54. The van der Waals surface area contributed by atoms with Gasteiger partial charge in [-0.15, -0.1) is 5.73 Å². The van der Waals surface area contributed by atoms with Crippen LogP contribution in [0.4, 0.5) is 0 Å². The summed E-state index contributed by atoms with van der Waals surface area (Å²) >= 11 is 0. The summed E-state index contributed by atoms with van der Waals surface area (Å²) in [6.45, 7) is 0. The molecule has 0 aliphatic heterocycles. The van der Waals surface area contributed by atoms with Crippen molar-refractivity contribution in [2.24, 2.45) is 17.8 Å². The summed E-state index contributed by atoms with van der Waals surface area (Å²) in [6, 6.07) is 0. The highest BCUT2D eigenvalue weighted by Gasteiger charge is 2.49. The molecule has 2 bridgehead atoms. The van der Waals surface area contributed by atoms with Gasteiger partial charge in [-0.1, -0.05) is 0 Å². The first-order chi connectivity index (χ1) is 6.11. The number of hydrogen-bond donors (Lipinski definition) is 2. The fourth-order valence-corrected chi connectivity index (χ4v) is 2.13. The number of hydrogen-bond acceptors (Lipinski definition) is 2. The first kappa shape index (κ1) is 8.08. The minimum absolute atomic E-state index is 0.159. The number of carboxylic acids is 2. The molecule has 2 N–H and O–H groups in total. The van der Waals surface area contributed by atoms with Crippen LogP contribution in [0.5, 0.6) is 0 Å². The molecule has 0 aromatic carbocycles. The molecule has 0 spiro atoms. The van der Waals surface area contributed by atoms with E-state index < -0.39 is 23.8 Å². The summed E-state index contributed by atoms with van der Waals surface area (Å²) in [5, 5.41) is 17.6. The molecular weight excluding hydrogens is 172 g/mol. The van der Waals surface area contributed by atoms with Crippen LogP contribution in [-0.4, -0.2) is 22.2 Å². The fraction of sp³-hybridized carbons (Fsp3) is 0.444. The van der Waals surface area contributed by atoms with Gasteiger partial charge in [-0.2, -0.15) is 0 Å². The third-order valence-corrected chi connectivity index (χ3v) is 2.69. The van der Waals surface area contributed by atoms with E-state index in [1.807, 2.05) is 0 Å². The minimum Gasteiger partial charge on any atom is -0.481 e. The van der Waals surface area contributed by atoms with Crippen LogP contribution in [-0.2, 0) is 9.59 Å². The van der Waals surface area contributed by atoms with Gasteiger partial charge in [0, 0.05) is 5.92 Å². The maximum Gasteiger partial charge on any atom is 0.312 e. The van der Waals surface area contributed by atoms with Gasteiger partial charge in [0.25, 0.3) is 0 Å². The highest BCUT2D eigenvalue weighted by molar-refractivity contribution is 5.84. The number of rotatable bonds is 2. The standard InChI is InChI=1S/C9H8O4/c10-8(11)6-4-1-2-5(3-4)7(6)9(12)13/h1,4,6-7H,3H2,(H,10,11)(H,12,13). The smallest absolute Gasteiger partial charge is 0.312 e. The van der Waals surface area contributed by atoms with Gasteiger partial charge in [-0.05, 0) is 18.1 Å². The molecule has 3 atom stereocenters. The van der Waals surface area contributed by atoms with Crippen LogP contribution in [0.2, 0.25) is 0 Å². The lowest BCUT2D eigenvalue weighted by Gasteiger charge is -2.16. The molecule has 4 nitrogen and oxygen atoms in total. The molecular formula is C9H8O4. The quantitative estimate of drug-likeness (QED) is 0.607. The van der Waals surface area contributed by atoms with E-state index in [0.29, 0.717) is 12.0 Å². The zero-order valence-electron chi connectivity index (χ0n) is 6.73. The van der Waals surface area contributed by atoms with Crippen LogP contribution >= 0.6 is 0 Å². The van der Waals surface area contributed by atoms with Crippen molar-refractivity contribution in [1.29, 1.82) is 0 Å². The van der Waals surface area contributed by atoms with Crippen LogP contribution in [0.3, 0.4) is 0 Å². The molecule has 0 saturated heterocycles. The molecule has 13 heavy (non-hydrogen) atoms. The molecule has 0 aromatic heterocycles. The van der Waals surface area contributed by atoms with Gasteiger partial charge in [0.2, 0.25) is 0 Å². The Balaban J connectivity index is 2.37. The topological polar surface area (TPSA) is 74.6 Å². The lowest BCUT2D eigenvalue weighted by molar-refractivity contribution is -0.152. The van der Waals surface area contributed by atoms with Crippen molar-refractivity contribution in [3.63, 3.8) is 0 Å². The van der Waals surface area contributed by atoms with Crippen LogP contribution in [0.1, 0.15) is 6.42 Å². The Hall–Kier alpha value is -1.54. The van der Waals surface area contributed by atoms with Crippen molar-refractivity contribution < 1.29 is 19.8 Å². The molecule has 2 aliphatic carbocycles. The highest BCUT2D eigenvalue weighted by atomic mass is 16.4. The molecule has 0 aromatic rings. The Morgan fingerprint density at radius 1 is 1.38 bits per heavy atom. The molecule has 4 heteroatoms. The number of carboxylic acid groups (broad SMARTS) is 2. The Labute approximate surface area is 74.2 Å². The van der Waals surface area contributed by atoms with E-state index in [0.717, 1.165) is 0 Å². The molecule has 0 amide bonds. The van der Waals surface area contributed by atoms with Gasteiger partial charge in [0.1, 0.15) is 0 Å². The lowest BCUT2D eigenvalue weighted by Crippen LogP contribution is -2.30. The fourth-order valence-electron chi connectivity index (χ4n) is 2.13. The maximum atomic E-state index is 10.8. The Bertz CT molecular complexity index is 349. The molecule has 2 rings (SSSR count). The molecule has 1 fully saturated rings. The predicted octanol–water partition coefficient (Wildman–Crippen LogP) is 0.503. The zero-order chi connectivity index (χ0) is 9.59. The molecule has 1 saturated carbocycles. The monoisotopic (exact) mass is 180 g/mol. The lowest BCUT2D eigenvalue weighted by atomic mass is 9.86. The van der Waals surface area contributed by atoms with Crippen LogP contribution in [0.25, 0.3) is 0 Å². The predicted molar refractivity (Wildman–Crippen MR) is 42.0 cm³/mol. The summed E-state index contributed by atoms with van der Waals surface area (Å²) in [5.74, 6) is -3.87. The third-order valence-electron chi connectivity index (χ3n) is 2.69. The van der Waals surface area contributed by atoms with Gasteiger partial charge in [0.15, 0.2) is 0 Å². The maximum absolute atomic E-state index is 10.8. The van der Waals surface area contributed by atoms with E-state index >= 15 is 0 Å². The van der Waals surface area contributed by atoms with Gasteiger partial charge >= 0.3 is 11.9 Å². The first-order valence-electron chi connectivity index (χ1n) is 4.02. The average Bonchev–Trinajstić information content (AvgIpc) is 2.60. The second-order valence-corrected chi connectivity index (χ2v) is 3.38. The second-order valence-electron chi connectivity index (χ2n) is 3.38. The van der Waals surface area contributed by atoms with E-state index in [-0.39, 0.29) is 5.92 Å². The van der Waals surface area contributed by atoms with Crippen molar-refractivity contribution in [3.8, 4) is 0 Å². The number of carbonyl (C=O) groups is 2. The van der Waals surface area contributed by atoms with E-state index in [9.17, 15) is 9.59 Å². The number of aliphatic carboxylic acids is 2. The Morgan fingerprint density at radius 2 is 2.08 bits per heavy atom. The average molecular weight is 180 g/mol. The molecule has 3 unspecified atom stereocenters. The van der Waals surface area contributed by atoms with Crippen molar-refractivity contribution >= 4 is 11.9 Å². The zero-order valence-corrected chi connectivity index (χ0v) is 6.73. The van der Waals surface area contributed by atoms with Crippen molar-refractivity contribution in [3.05, 3.63) is 17.4 Å². The largest absolute Gasteiger partial charge is 0.481 e. The normalized spacial score (nSPS) is 34.8.